The Morgan fingerprint density at radius 2 is 1.88 bits per heavy atom. The number of nitrogens with zero attached hydrogens (tertiary/aromatic N) is 2. The van der Waals surface area contributed by atoms with Crippen molar-refractivity contribution in [3.63, 3.8) is 0 Å². The second-order valence-corrected chi connectivity index (χ2v) is 3.79. The van der Waals surface area contributed by atoms with Gasteiger partial charge in [-0.1, -0.05) is 13.8 Å². The van der Waals surface area contributed by atoms with Crippen LogP contribution in [-0.2, 0) is 14.4 Å². The Bertz CT molecular complexity index is 329. The third-order valence-corrected chi connectivity index (χ3v) is 1.93. The van der Waals surface area contributed by atoms with Gasteiger partial charge in [0.05, 0.1) is 5.29 Å². The molecule has 8 heteroatoms. The van der Waals surface area contributed by atoms with E-state index in [-0.39, 0.29) is 10.9 Å². The molecule has 0 aromatic carbocycles. The molecule has 1 unspecified atom stereocenters. The minimum Gasteiger partial charge on any atom is -0.480 e. The first-order chi connectivity index (χ1) is 7.79. The molecule has 8 nitrogen and oxygen atoms in total. The van der Waals surface area contributed by atoms with E-state index < -0.39 is 30.4 Å². The Labute approximate surface area is 97.9 Å². The highest BCUT2D eigenvalue weighted by molar-refractivity contribution is 5.88. The molecule has 0 spiro atoms. The first-order valence-corrected chi connectivity index (χ1v) is 4.93. The van der Waals surface area contributed by atoms with Gasteiger partial charge in [0.2, 0.25) is 5.91 Å². The molecule has 0 heterocycles. The monoisotopic (exact) mass is 245 g/mol. The number of carbonyl (C=O) groups excluding carboxylic acids is 2. The molecule has 0 aromatic heterocycles. The van der Waals surface area contributed by atoms with Gasteiger partial charge < -0.3 is 10.4 Å². The molecule has 0 fully saturated rings. The van der Waals surface area contributed by atoms with Crippen molar-refractivity contribution in [2.24, 2.45) is 11.2 Å². The lowest BCUT2D eigenvalue weighted by Gasteiger charge is -2.23. The standard InChI is InChI=1S/C9H15N3O5/c1-5(2)8(10-6(3)13)9(16)12(11-17)4-7(14)15/h5,8H,4H2,1-3H3,(H,10,13)(H,14,15). The van der Waals surface area contributed by atoms with Crippen LogP contribution in [-0.4, -0.2) is 40.5 Å². The lowest BCUT2D eigenvalue weighted by molar-refractivity contribution is -0.146. The third-order valence-electron chi connectivity index (χ3n) is 1.93. The van der Waals surface area contributed by atoms with Crippen molar-refractivity contribution < 1.29 is 19.5 Å². The largest absolute Gasteiger partial charge is 0.480 e. The molecule has 17 heavy (non-hydrogen) atoms. The van der Waals surface area contributed by atoms with Crippen LogP contribution >= 0.6 is 0 Å². The number of nitroso groups, excluding NO2 is 1. The van der Waals surface area contributed by atoms with Crippen molar-refractivity contribution >= 4 is 17.8 Å². The van der Waals surface area contributed by atoms with Crippen molar-refractivity contribution in [3.8, 4) is 0 Å². The molecule has 2 amide bonds. The fraction of sp³-hybridized carbons (Fsp3) is 0.667. The zero-order valence-corrected chi connectivity index (χ0v) is 9.84. The van der Waals surface area contributed by atoms with Crippen molar-refractivity contribution in [1.29, 1.82) is 0 Å². The second kappa shape index (κ2) is 6.56. The zero-order valence-electron chi connectivity index (χ0n) is 9.84. The highest BCUT2D eigenvalue weighted by atomic mass is 16.4. The van der Waals surface area contributed by atoms with Gasteiger partial charge in [-0.15, -0.1) is 4.91 Å². The van der Waals surface area contributed by atoms with Crippen molar-refractivity contribution in [3.05, 3.63) is 4.91 Å². The molecule has 0 aromatic rings. The molecule has 0 aliphatic carbocycles. The molecule has 96 valence electrons. The van der Waals surface area contributed by atoms with E-state index in [9.17, 15) is 19.3 Å². The van der Waals surface area contributed by atoms with Gasteiger partial charge in [0.1, 0.15) is 12.6 Å². The van der Waals surface area contributed by atoms with Gasteiger partial charge in [-0.05, 0) is 5.92 Å². The molecule has 0 saturated heterocycles. The molecule has 0 rings (SSSR count). The Balaban J connectivity index is 4.84. The summed E-state index contributed by atoms with van der Waals surface area (Å²) in [5.41, 5.74) is 0. The van der Waals surface area contributed by atoms with E-state index in [0.717, 1.165) is 0 Å². The van der Waals surface area contributed by atoms with Gasteiger partial charge >= 0.3 is 5.97 Å². The van der Waals surface area contributed by atoms with E-state index in [1.807, 2.05) is 0 Å². The van der Waals surface area contributed by atoms with E-state index in [0.29, 0.717) is 0 Å². The molecule has 0 bridgehead atoms. The number of hydrogen-bond acceptors (Lipinski definition) is 5. The summed E-state index contributed by atoms with van der Waals surface area (Å²) in [4.78, 5) is 43.4. The summed E-state index contributed by atoms with van der Waals surface area (Å²) in [5.74, 6) is -2.93. The maximum atomic E-state index is 11.7. The van der Waals surface area contributed by atoms with Gasteiger partial charge in [0.15, 0.2) is 0 Å². The zero-order chi connectivity index (χ0) is 13.6. The summed E-state index contributed by atoms with van der Waals surface area (Å²) >= 11 is 0. The quantitative estimate of drug-likeness (QED) is 0.494. The number of hydrogen-bond donors (Lipinski definition) is 2. The number of aliphatic carboxylic acids is 1. The number of carboxylic acid groups (broad SMARTS) is 1. The Kier molecular flexibility index (Phi) is 5.79. The van der Waals surface area contributed by atoms with Gasteiger partial charge in [0.25, 0.3) is 5.91 Å². The summed E-state index contributed by atoms with van der Waals surface area (Å²) in [7, 11) is 0. The summed E-state index contributed by atoms with van der Waals surface area (Å²) in [6.45, 7) is 3.70. The summed E-state index contributed by atoms with van der Waals surface area (Å²) < 4.78 is 0. The normalized spacial score (nSPS) is 11.8. The minimum absolute atomic E-state index is 0.281. The van der Waals surface area contributed by atoms with E-state index in [1.54, 1.807) is 13.8 Å². The van der Waals surface area contributed by atoms with Crippen LogP contribution in [0.15, 0.2) is 5.29 Å². The molecule has 0 radical (unpaired) electrons. The number of nitrogens with one attached hydrogen (secondary N) is 1. The van der Waals surface area contributed by atoms with Crippen LogP contribution in [0.3, 0.4) is 0 Å². The maximum Gasteiger partial charge on any atom is 0.325 e. The Morgan fingerprint density at radius 1 is 1.35 bits per heavy atom. The molecule has 0 saturated carbocycles. The highest BCUT2D eigenvalue weighted by Crippen LogP contribution is 2.06. The summed E-state index contributed by atoms with van der Waals surface area (Å²) in [5, 5.41) is 13.5. The number of amides is 2. The molecular weight excluding hydrogens is 230 g/mol. The van der Waals surface area contributed by atoms with E-state index in [2.05, 4.69) is 10.6 Å². The molecule has 2 N–H and O–H groups in total. The van der Waals surface area contributed by atoms with Crippen molar-refractivity contribution in [2.45, 2.75) is 26.8 Å². The Morgan fingerprint density at radius 3 is 2.18 bits per heavy atom. The van der Waals surface area contributed by atoms with Crippen LogP contribution in [0.1, 0.15) is 20.8 Å². The first kappa shape index (κ1) is 15.0. The average molecular weight is 245 g/mol. The minimum atomic E-state index is -1.36. The molecule has 0 aliphatic rings. The second-order valence-electron chi connectivity index (χ2n) is 3.79. The number of carbonyl (C=O) groups is 3. The SMILES string of the molecule is CC(=O)NC(C(=O)N(CC(=O)O)N=O)C(C)C. The topological polar surface area (TPSA) is 116 Å². The predicted molar refractivity (Wildman–Crippen MR) is 57.6 cm³/mol. The van der Waals surface area contributed by atoms with E-state index in [4.69, 9.17) is 5.11 Å². The predicted octanol–water partition coefficient (Wildman–Crippen LogP) is -0.258. The number of carboxylic acids is 1. The van der Waals surface area contributed by atoms with Gasteiger partial charge in [-0.3, -0.25) is 14.4 Å². The van der Waals surface area contributed by atoms with Crippen LogP contribution < -0.4 is 5.32 Å². The van der Waals surface area contributed by atoms with Gasteiger partial charge in [0, 0.05) is 6.92 Å². The van der Waals surface area contributed by atoms with Crippen LogP contribution in [0.25, 0.3) is 0 Å². The van der Waals surface area contributed by atoms with Crippen LogP contribution in [0, 0.1) is 10.8 Å². The maximum absolute atomic E-state index is 11.7. The fourth-order valence-corrected chi connectivity index (χ4v) is 1.17. The first-order valence-electron chi connectivity index (χ1n) is 4.93. The fourth-order valence-electron chi connectivity index (χ4n) is 1.17. The van der Waals surface area contributed by atoms with Gasteiger partial charge in [-0.25, -0.2) is 0 Å². The molecule has 0 aliphatic heterocycles. The summed E-state index contributed by atoms with van der Waals surface area (Å²) in [6, 6.07) is -0.968. The van der Waals surface area contributed by atoms with E-state index in [1.165, 1.54) is 6.92 Å². The molecular formula is C9H15N3O5. The van der Waals surface area contributed by atoms with Gasteiger partial charge in [-0.2, -0.15) is 5.01 Å². The lowest BCUT2D eigenvalue weighted by Crippen LogP contribution is -2.50. The lowest BCUT2D eigenvalue weighted by atomic mass is 10.0. The summed E-state index contributed by atoms with van der Waals surface area (Å²) in [6.07, 6.45) is 0. The molecule has 1 atom stereocenters. The smallest absolute Gasteiger partial charge is 0.325 e. The Hall–Kier alpha value is -1.99. The number of rotatable bonds is 6. The van der Waals surface area contributed by atoms with Crippen molar-refractivity contribution in [1.82, 2.24) is 10.3 Å². The van der Waals surface area contributed by atoms with Crippen LogP contribution in [0.4, 0.5) is 0 Å². The van der Waals surface area contributed by atoms with Crippen LogP contribution in [0.2, 0.25) is 0 Å². The average Bonchev–Trinajstić information content (AvgIpc) is 2.20. The highest BCUT2D eigenvalue weighted by Gasteiger charge is 2.29. The van der Waals surface area contributed by atoms with E-state index >= 15 is 0 Å². The van der Waals surface area contributed by atoms with Crippen LogP contribution in [0.5, 0.6) is 0 Å². The van der Waals surface area contributed by atoms with Crippen molar-refractivity contribution in [2.75, 3.05) is 6.54 Å². The third kappa shape index (κ3) is 5.05.